The van der Waals surface area contributed by atoms with Crippen LogP contribution in [0.1, 0.15) is 40.5 Å². The molecule has 4 atom stereocenters. The van der Waals surface area contributed by atoms with E-state index >= 15 is 0 Å². The van der Waals surface area contributed by atoms with Gasteiger partial charge in [0, 0.05) is 17.9 Å². The van der Waals surface area contributed by atoms with Crippen molar-refractivity contribution in [3.05, 3.63) is 0 Å². The number of hydrogen-bond donors (Lipinski definition) is 4. The summed E-state index contributed by atoms with van der Waals surface area (Å²) in [4.78, 5) is 72.5. The molecule has 14 nitrogen and oxygen atoms in total. The number of amides is 3. The van der Waals surface area contributed by atoms with Gasteiger partial charge >= 0.3 is 24.0 Å². The van der Waals surface area contributed by atoms with E-state index in [4.69, 9.17) is 19.9 Å². The first-order chi connectivity index (χ1) is 17.1. The van der Waals surface area contributed by atoms with Crippen LogP contribution in [0.2, 0.25) is 0 Å². The van der Waals surface area contributed by atoms with Crippen LogP contribution in [0.25, 0.3) is 0 Å². The summed E-state index contributed by atoms with van der Waals surface area (Å²) in [6.45, 7) is 6.43. The first-order valence-corrected chi connectivity index (χ1v) is 12.5. The highest BCUT2D eigenvalue weighted by atomic mass is 32.2. The Morgan fingerprint density at radius 1 is 0.784 bits per heavy atom. The first-order valence-electron chi connectivity index (χ1n) is 11.3. The zero-order chi connectivity index (χ0) is 28.8. The molecule has 0 saturated carbocycles. The molecule has 0 heterocycles. The van der Waals surface area contributed by atoms with Crippen LogP contribution < -0.4 is 21.7 Å². The number of nitrogens with one attached hydrogen (secondary N) is 3. The molecule has 0 spiro atoms. The van der Waals surface area contributed by atoms with Gasteiger partial charge in [0.1, 0.15) is 23.7 Å². The van der Waals surface area contributed by atoms with Gasteiger partial charge in [-0.1, -0.05) is 0 Å². The van der Waals surface area contributed by atoms with Crippen molar-refractivity contribution in [2.75, 3.05) is 32.8 Å². The van der Waals surface area contributed by atoms with E-state index in [1.54, 1.807) is 20.8 Å². The number of carbonyl (C=O) groups excluding carboxylic acids is 6. The van der Waals surface area contributed by atoms with Crippen LogP contribution in [-0.4, -0.2) is 98.4 Å². The number of nitrogens with two attached hydrogens (primary N) is 1. The van der Waals surface area contributed by atoms with Gasteiger partial charge in [-0.05, 0) is 34.1 Å². The minimum Gasteiger partial charge on any atom is -0.467 e. The van der Waals surface area contributed by atoms with Gasteiger partial charge in [0.2, 0.25) is 11.8 Å². The summed E-state index contributed by atoms with van der Waals surface area (Å²) in [6.07, 6.45) is -1.16. The fourth-order valence-corrected chi connectivity index (χ4v) is 3.66. The SMILES string of the molecule is COC(=O)[C@H](CSC[C@@H](NC(=O)CC[C@@H](NC(=O)[C@H](C)N)C(=O)OC)C(=O)OC)NC(=O)OC(C)(C)C. The Kier molecular flexibility index (Phi) is 15.3. The topological polar surface area (TPSA) is 201 Å². The normalized spacial score (nSPS) is 14.2. The van der Waals surface area contributed by atoms with Crippen LogP contribution in [-0.2, 0) is 42.9 Å². The molecular formula is C22H38N4O10S. The quantitative estimate of drug-likeness (QED) is 0.156. The second-order valence-corrected chi connectivity index (χ2v) is 9.89. The Labute approximate surface area is 220 Å². The van der Waals surface area contributed by atoms with Gasteiger partial charge < -0.3 is 40.6 Å². The molecule has 0 aromatic carbocycles. The maximum Gasteiger partial charge on any atom is 0.408 e. The molecule has 3 amide bonds. The molecule has 0 bridgehead atoms. The van der Waals surface area contributed by atoms with Gasteiger partial charge in [-0.15, -0.1) is 0 Å². The molecule has 212 valence electrons. The second kappa shape index (κ2) is 16.6. The third-order valence-corrected chi connectivity index (χ3v) is 5.58. The van der Waals surface area contributed by atoms with E-state index in [9.17, 15) is 28.8 Å². The molecule has 0 aromatic heterocycles. The minimum atomic E-state index is -1.11. The molecule has 0 aliphatic carbocycles. The van der Waals surface area contributed by atoms with Gasteiger partial charge in [0.05, 0.1) is 27.4 Å². The molecule has 0 aliphatic rings. The van der Waals surface area contributed by atoms with E-state index in [1.807, 2.05) is 0 Å². The van der Waals surface area contributed by atoms with Crippen LogP contribution in [0.3, 0.4) is 0 Å². The zero-order valence-corrected chi connectivity index (χ0v) is 23.0. The Bertz CT molecular complexity index is 816. The lowest BCUT2D eigenvalue weighted by Gasteiger charge is -2.23. The fraction of sp³-hybridized carbons (Fsp3) is 0.727. The molecule has 0 aromatic rings. The fourth-order valence-electron chi connectivity index (χ4n) is 2.61. The molecule has 0 radical (unpaired) electrons. The maximum absolute atomic E-state index is 12.5. The maximum atomic E-state index is 12.5. The van der Waals surface area contributed by atoms with E-state index in [1.165, 1.54) is 6.92 Å². The number of rotatable bonds is 14. The summed E-state index contributed by atoms with van der Waals surface area (Å²) >= 11 is 1.07. The highest BCUT2D eigenvalue weighted by Crippen LogP contribution is 2.11. The van der Waals surface area contributed by atoms with E-state index in [0.717, 1.165) is 33.1 Å². The van der Waals surface area contributed by atoms with E-state index < -0.39 is 65.6 Å². The Hall–Kier alpha value is -3.07. The summed E-state index contributed by atoms with van der Waals surface area (Å²) in [7, 11) is 3.44. The third-order valence-electron chi connectivity index (χ3n) is 4.44. The molecule has 0 fully saturated rings. The largest absolute Gasteiger partial charge is 0.467 e. The summed E-state index contributed by atoms with van der Waals surface area (Å²) in [5, 5.41) is 7.30. The van der Waals surface area contributed by atoms with Crippen molar-refractivity contribution >= 4 is 47.6 Å². The molecule has 37 heavy (non-hydrogen) atoms. The highest BCUT2D eigenvalue weighted by molar-refractivity contribution is 7.99. The molecule has 15 heteroatoms. The molecule has 0 unspecified atom stereocenters. The zero-order valence-electron chi connectivity index (χ0n) is 22.2. The Balaban J connectivity index is 5.09. The minimum absolute atomic E-state index is 0.00298. The van der Waals surface area contributed by atoms with Crippen molar-refractivity contribution in [3.8, 4) is 0 Å². The van der Waals surface area contributed by atoms with Crippen molar-refractivity contribution in [2.24, 2.45) is 5.73 Å². The summed E-state index contributed by atoms with van der Waals surface area (Å²) < 4.78 is 19.2. The van der Waals surface area contributed by atoms with Crippen LogP contribution in [0.4, 0.5) is 4.79 Å². The average Bonchev–Trinajstić information content (AvgIpc) is 2.82. The third kappa shape index (κ3) is 14.3. The van der Waals surface area contributed by atoms with E-state index in [0.29, 0.717) is 0 Å². The highest BCUT2D eigenvalue weighted by Gasteiger charge is 2.28. The molecule has 0 aliphatic heterocycles. The van der Waals surface area contributed by atoms with Gasteiger partial charge in [-0.2, -0.15) is 11.8 Å². The van der Waals surface area contributed by atoms with Crippen LogP contribution in [0, 0.1) is 0 Å². The number of ether oxygens (including phenoxy) is 4. The van der Waals surface area contributed by atoms with E-state index in [-0.39, 0.29) is 24.3 Å². The molecular weight excluding hydrogens is 512 g/mol. The summed E-state index contributed by atoms with van der Waals surface area (Å²) in [5.74, 6) is -3.43. The molecule has 0 saturated heterocycles. The lowest BCUT2D eigenvalue weighted by Crippen LogP contribution is -2.49. The molecule has 0 rings (SSSR count). The lowest BCUT2D eigenvalue weighted by atomic mass is 10.1. The number of carbonyl (C=O) groups is 6. The number of hydrogen-bond acceptors (Lipinski definition) is 12. The predicted octanol–water partition coefficient (Wildman–Crippen LogP) is -0.771. The van der Waals surface area contributed by atoms with Crippen LogP contribution >= 0.6 is 11.8 Å². The van der Waals surface area contributed by atoms with Crippen molar-refractivity contribution in [3.63, 3.8) is 0 Å². The Morgan fingerprint density at radius 2 is 1.24 bits per heavy atom. The Morgan fingerprint density at radius 3 is 1.68 bits per heavy atom. The number of thioether (sulfide) groups is 1. The van der Waals surface area contributed by atoms with E-state index in [2.05, 4.69) is 20.7 Å². The molecule has 5 N–H and O–H groups in total. The average molecular weight is 551 g/mol. The number of esters is 3. The van der Waals surface area contributed by atoms with Gasteiger partial charge in [-0.25, -0.2) is 19.2 Å². The van der Waals surface area contributed by atoms with Gasteiger partial charge in [-0.3, -0.25) is 9.59 Å². The first kappa shape index (κ1) is 33.9. The van der Waals surface area contributed by atoms with Gasteiger partial charge in [0.25, 0.3) is 0 Å². The van der Waals surface area contributed by atoms with Crippen LogP contribution in [0.5, 0.6) is 0 Å². The van der Waals surface area contributed by atoms with Crippen molar-refractivity contribution in [1.82, 2.24) is 16.0 Å². The smallest absolute Gasteiger partial charge is 0.408 e. The standard InChI is InChI=1S/C22H38N4O10S/c1-12(23)17(28)25-13(18(29)33-5)8-9-16(27)24-14(19(30)34-6)10-37-11-15(20(31)35-7)26-21(32)36-22(2,3)4/h12-15H,8-11,23H2,1-7H3,(H,24,27)(H,25,28)(H,26,32)/t12-,13+,14+,15-/m0/s1. The number of alkyl carbamates (subject to hydrolysis) is 1. The number of methoxy groups -OCH3 is 3. The van der Waals surface area contributed by atoms with Crippen LogP contribution in [0.15, 0.2) is 0 Å². The lowest BCUT2D eigenvalue weighted by molar-refractivity contribution is -0.146. The monoisotopic (exact) mass is 550 g/mol. The van der Waals surface area contributed by atoms with Crippen molar-refractivity contribution in [1.29, 1.82) is 0 Å². The predicted molar refractivity (Wildman–Crippen MR) is 133 cm³/mol. The summed E-state index contributed by atoms with van der Waals surface area (Å²) in [5.41, 5.74) is 4.71. The summed E-state index contributed by atoms with van der Waals surface area (Å²) in [6, 6.07) is -4.16. The van der Waals surface area contributed by atoms with Crippen molar-refractivity contribution < 1.29 is 47.7 Å². The van der Waals surface area contributed by atoms with Gasteiger partial charge in [0.15, 0.2) is 0 Å². The van der Waals surface area contributed by atoms with Crippen molar-refractivity contribution in [2.45, 2.75) is 70.3 Å². The second-order valence-electron chi connectivity index (χ2n) is 8.81.